The van der Waals surface area contributed by atoms with Gasteiger partial charge >= 0.3 is 0 Å². The van der Waals surface area contributed by atoms with Crippen LogP contribution in [0, 0.1) is 0 Å². The van der Waals surface area contributed by atoms with Crippen LogP contribution < -0.4 is 0 Å². The summed E-state index contributed by atoms with van der Waals surface area (Å²) in [4.78, 5) is 18.9. The molecule has 0 bridgehead atoms. The summed E-state index contributed by atoms with van der Waals surface area (Å²) < 4.78 is 16.9. The Labute approximate surface area is 165 Å². The summed E-state index contributed by atoms with van der Waals surface area (Å²) in [5.74, 6) is 0.0275. The Balaban J connectivity index is 1.36. The van der Waals surface area contributed by atoms with Crippen LogP contribution >= 0.6 is 11.8 Å². The van der Waals surface area contributed by atoms with Crippen molar-refractivity contribution in [3.8, 4) is 11.1 Å². The highest BCUT2D eigenvalue weighted by Crippen LogP contribution is 2.38. The standard InChI is InChI=1S/C19H19FN6OS/c1-24-8-14(6-22-24)13-5-21-18-16(7-23-26(18)9-13)12-4-17(28-11-12)19(27)25-3-2-15(20)10-25/h5-9,11,15,17H,2-4,10H2,1H3/t15-,17?/m0/s1. The molecule has 5 rings (SSSR count). The molecule has 1 saturated heterocycles. The smallest absolute Gasteiger partial charge is 0.236 e. The third-order valence-corrected chi connectivity index (χ3v) is 6.36. The highest BCUT2D eigenvalue weighted by atomic mass is 32.2. The highest BCUT2D eigenvalue weighted by molar-refractivity contribution is 8.03. The van der Waals surface area contributed by atoms with Crippen LogP contribution in [0.25, 0.3) is 22.3 Å². The van der Waals surface area contributed by atoms with Gasteiger partial charge in [-0.3, -0.25) is 9.48 Å². The van der Waals surface area contributed by atoms with Crippen molar-refractivity contribution in [2.75, 3.05) is 13.1 Å². The number of nitrogens with zero attached hydrogens (tertiary/aromatic N) is 6. The second-order valence-electron chi connectivity index (χ2n) is 7.21. The molecule has 5 heterocycles. The van der Waals surface area contributed by atoms with Crippen LogP contribution in [0.15, 0.2) is 36.4 Å². The Morgan fingerprint density at radius 1 is 1.21 bits per heavy atom. The maximum atomic E-state index is 13.4. The number of thioether (sulfide) groups is 1. The Bertz CT molecular complexity index is 1090. The fourth-order valence-electron chi connectivity index (χ4n) is 3.72. The number of halogens is 1. The van der Waals surface area contributed by atoms with Gasteiger partial charge in [-0.25, -0.2) is 13.9 Å². The number of hydrogen-bond acceptors (Lipinski definition) is 5. The van der Waals surface area contributed by atoms with Crippen molar-refractivity contribution in [1.29, 1.82) is 0 Å². The van der Waals surface area contributed by atoms with Crippen molar-refractivity contribution in [3.05, 3.63) is 42.0 Å². The quantitative estimate of drug-likeness (QED) is 0.678. The van der Waals surface area contributed by atoms with Crippen LogP contribution in [0.4, 0.5) is 4.39 Å². The van der Waals surface area contributed by atoms with Crippen LogP contribution in [0.3, 0.4) is 0 Å². The number of aromatic nitrogens is 5. The van der Waals surface area contributed by atoms with Crippen molar-refractivity contribution >= 4 is 28.9 Å². The maximum absolute atomic E-state index is 13.4. The van der Waals surface area contributed by atoms with Crippen molar-refractivity contribution in [3.63, 3.8) is 0 Å². The number of carbonyl (C=O) groups excluding carboxylic acids is 1. The SMILES string of the molecule is Cn1cc(-c2cnc3c(C4=CSC(C(=O)N5CC[C@H](F)C5)C4)cnn3c2)cn1. The fourth-order valence-corrected chi connectivity index (χ4v) is 4.81. The predicted molar refractivity (Wildman–Crippen MR) is 105 cm³/mol. The lowest BCUT2D eigenvalue weighted by molar-refractivity contribution is -0.129. The molecule has 0 aliphatic carbocycles. The first-order chi connectivity index (χ1) is 13.6. The average molecular weight is 398 g/mol. The first kappa shape index (κ1) is 17.4. The molecule has 0 spiro atoms. The van der Waals surface area contributed by atoms with Gasteiger partial charge in [0.25, 0.3) is 0 Å². The zero-order valence-electron chi connectivity index (χ0n) is 15.3. The summed E-state index contributed by atoms with van der Waals surface area (Å²) in [5, 5.41) is 10.5. The van der Waals surface area contributed by atoms with E-state index in [-0.39, 0.29) is 17.7 Å². The number of allylic oxidation sites excluding steroid dienone is 1. The molecule has 144 valence electrons. The highest BCUT2D eigenvalue weighted by Gasteiger charge is 2.34. The predicted octanol–water partition coefficient (Wildman–Crippen LogP) is 2.55. The van der Waals surface area contributed by atoms with E-state index in [0.29, 0.717) is 19.4 Å². The van der Waals surface area contributed by atoms with Gasteiger partial charge < -0.3 is 4.90 Å². The summed E-state index contributed by atoms with van der Waals surface area (Å²) in [5.41, 5.74) is 4.67. The lowest BCUT2D eigenvalue weighted by atomic mass is 10.1. The third-order valence-electron chi connectivity index (χ3n) is 5.24. The summed E-state index contributed by atoms with van der Waals surface area (Å²) >= 11 is 1.50. The Hall–Kier alpha value is -2.68. The lowest BCUT2D eigenvalue weighted by Gasteiger charge is -2.19. The number of carbonyl (C=O) groups is 1. The molecule has 0 saturated carbocycles. The van der Waals surface area contributed by atoms with Gasteiger partial charge in [0.15, 0.2) is 5.65 Å². The van der Waals surface area contributed by atoms with E-state index in [1.807, 2.05) is 31.0 Å². The van der Waals surface area contributed by atoms with Crippen molar-refractivity contribution < 1.29 is 9.18 Å². The van der Waals surface area contributed by atoms with Gasteiger partial charge in [-0.1, -0.05) is 0 Å². The van der Waals surface area contributed by atoms with E-state index in [2.05, 4.69) is 15.2 Å². The van der Waals surface area contributed by atoms with Gasteiger partial charge in [0, 0.05) is 48.9 Å². The molecular weight excluding hydrogens is 379 g/mol. The van der Waals surface area contributed by atoms with E-state index in [1.54, 1.807) is 26.5 Å². The van der Waals surface area contributed by atoms with E-state index in [9.17, 15) is 9.18 Å². The first-order valence-corrected chi connectivity index (χ1v) is 10.1. The Morgan fingerprint density at radius 3 is 2.82 bits per heavy atom. The molecule has 28 heavy (non-hydrogen) atoms. The van der Waals surface area contributed by atoms with Crippen LogP contribution in [0.5, 0.6) is 0 Å². The molecule has 3 aromatic rings. The number of alkyl halides is 1. The molecule has 7 nitrogen and oxygen atoms in total. The van der Waals surface area contributed by atoms with Crippen LogP contribution in [0.1, 0.15) is 18.4 Å². The van der Waals surface area contributed by atoms with Crippen molar-refractivity contribution in [1.82, 2.24) is 29.3 Å². The largest absolute Gasteiger partial charge is 0.339 e. The minimum absolute atomic E-state index is 0.0275. The third kappa shape index (κ3) is 2.99. The van der Waals surface area contributed by atoms with E-state index in [4.69, 9.17) is 0 Å². The molecule has 0 N–H and O–H groups in total. The molecule has 2 aliphatic rings. The number of fused-ring (bicyclic) bond motifs is 1. The maximum Gasteiger partial charge on any atom is 0.236 e. The van der Waals surface area contributed by atoms with Gasteiger partial charge in [0.05, 0.1) is 24.2 Å². The van der Waals surface area contributed by atoms with Crippen LogP contribution in [0.2, 0.25) is 0 Å². The Kier molecular flexibility index (Phi) is 4.19. The monoisotopic (exact) mass is 398 g/mol. The minimum atomic E-state index is -0.888. The summed E-state index contributed by atoms with van der Waals surface area (Å²) in [6, 6.07) is 0. The molecule has 3 aromatic heterocycles. The van der Waals surface area contributed by atoms with Gasteiger partial charge in [-0.2, -0.15) is 10.2 Å². The lowest BCUT2D eigenvalue weighted by Crippen LogP contribution is -2.35. The van der Waals surface area contributed by atoms with Crippen molar-refractivity contribution in [2.45, 2.75) is 24.3 Å². The van der Waals surface area contributed by atoms with Gasteiger partial charge in [0.2, 0.25) is 5.91 Å². The van der Waals surface area contributed by atoms with Gasteiger partial charge in [-0.05, 0) is 23.8 Å². The normalized spacial score (nSPS) is 22.2. The second kappa shape index (κ2) is 6.73. The number of likely N-dealkylation sites (tertiary alicyclic amines) is 1. The van der Waals surface area contributed by atoms with E-state index >= 15 is 0 Å². The zero-order valence-corrected chi connectivity index (χ0v) is 16.1. The van der Waals surface area contributed by atoms with E-state index in [1.165, 1.54) is 11.8 Å². The molecule has 0 aromatic carbocycles. The van der Waals surface area contributed by atoms with Gasteiger partial charge in [-0.15, -0.1) is 11.8 Å². The molecule has 2 atom stereocenters. The minimum Gasteiger partial charge on any atom is -0.339 e. The molecule has 1 amide bonds. The second-order valence-corrected chi connectivity index (χ2v) is 8.29. The topological polar surface area (TPSA) is 68.3 Å². The fraction of sp³-hybridized carbons (Fsp3) is 0.368. The average Bonchev–Trinajstić information content (AvgIpc) is 3.46. The molecule has 0 radical (unpaired) electrons. The zero-order chi connectivity index (χ0) is 19.3. The van der Waals surface area contributed by atoms with Crippen LogP contribution in [-0.4, -0.2) is 59.7 Å². The number of aryl methyl sites for hydroxylation is 1. The molecule has 1 unspecified atom stereocenters. The summed E-state index contributed by atoms with van der Waals surface area (Å²) in [7, 11) is 1.87. The summed E-state index contributed by atoms with van der Waals surface area (Å²) in [6.45, 7) is 0.738. The Morgan fingerprint density at radius 2 is 2.07 bits per heavy atom. The number of rotatable bonds is 3. The molecule has 9 heteroatoms. The number of amides is 1. The molecular formula is C19H19FN6OS. The number of hydrogen-bond donors (Lipinski definition) is 0. The van der Waals surface area contributed by atoms with Crippen molar-refractivity contribution in [2.24, 2.45) is 7.05 Å². The first-order valence-electron chi connectivity index (χ1n) is 9.18. The van der Waals surface area contributed by atoms with Gasteiger partial charge in [0.1, 0.15) is 6.17 Å². The summed E-state index contributed by atoms with van der Waals surface area (Å²) in [6.07, 6.45) is 9.43. The molecule has 2 aliphatic heterocycles. The molecule has 1 fully saturated rings. The van der Waals surface area contributed by atoms with E-state index < -0.39 is 6.17 Å². The van der Waals surface area contributed by atoms with Crippen LogP contribution in [-0.2, 0) is 11.8 Å². The van der Waals surface area contributed by atoms with E-state index in [0.717, 1.165) is 27.9 Å².